The smallest absolute Gasteiger partial charge is 0.259 e. The number of carbonyl (C=O) groups excluding carboxylic acids is 1. The van der Waals surface area contributed by atoms with Crippen molar-refractivity contribution in [3.8, 4) is 17.2 Å². The second-order valence-corrected chi connectivity index (χ2v) is 12.4. The van der Waals surface area contributed by atoms with E-state index in [1.807, 2.05) is 18.2 Å². The maximum absolute atomic E-state index is 14.8. The molecule has 4 aromatic rings. The molecule has 2 heterocycles. The van der Waals surface area contributed by atoms with Crippen molar-refractivity contribution >= 4 is 27.7 Å². The molecule has 6 rings (SSSR count). The van der Waals surface area contributed by atoms with E-state index in [1.54, 1.807) is 65.6 Å². The zero-order valence-corrected chi connectivity index (χ0v) is 26.0. The summed E-state index contributed by atoms with van der Waals surface area (Å²) in [7, 11) is 0.759. The van der Waals surface area contributed by atoms with Gasteiger partial charge in [0.2, 0.25) is 15.8 Å². The maximum Gasteiger partial charge on any atom is 0.259 e. The molecule has 3 aromatic carbocycles. The number of amides is 1. The van der Waals surface area contributed by atoms with Crippen LogP contribution in [0.4, 0.5) is 5.69 Å². The van der Waals surface area contributed by atoms with Gasteiger partial charge < -0.3 is 23.4 Å². The monoisotopic (exact) mass is 631 g/mol. The summed E-state index contributed by atoms with van der Waals surface area (Å²) in [6.07, 6.45) is 5.40. The van der Waals surface area contributed by atoms with Crippen molar-refractivity contribution in [2.75, 3.05) is 52.5 Å². The fourth-order valence-electron chi connectivity index (χ4n) is 5.94. The van der Waals surface area contributed by atoms with Crippen LogP contribution in [-0.2, 0) is 20.3 Å². The third-order valence-electron chi connectivity index (χ3n) is 8.11. The summed E-state index contributed by atoms with van der Waals surface area (Å²) < 4.78 is 56.7. The van der Waals surface area contributed by atoms with Crippen molar-refractivity contribution in [2.45, 2.75) is 16.9 Å². The number of ether oxygens (including phenoxy) is 4. The average Bonchev–Trinajstić information content (AvgIpc) is 3.59. The molecule has 1 amide bonds. The number of nitrogens with zero attached hydrogens (tertiary/aromatic N) is 3. The number of hydrogen-bond acceptors (Lipinski definition) is 9. The van der Waals surface area contributed by atoms with Gasteiger partial charge in [-0.2, -0.15) is 4.31 Å². The van der Waals surface area contributed by atoms with Crippen molar-refractivity contribution < 1.29 is 36.6 Å². The lowest BCUT2D eigenvalue weighted by atomic mass is 9.78. The molecule has 1 aliphatic heterocycles. The Morgan fingerprint density at radius 1 is 0.933 bits per heavy atom. The first-order valence-corrected chi connectivity index (χ1v) is 15.8. The highest BCUT2D eigenvalue weighted by atomic mass is 32.2. The normalized spacial score (nSPS) is 18.2. The van der Waals surface area contributed by atoms with Crippen molar-refractivity contribution in [1.82, 2.24) is 9.29 Å². The van der Waals surface area contributed by atoms with E-state index in [4.69, 9.17) is 23.4 Å². The quantitative estimate of drug-likeness (QED) is 0.258. The third-order valence-corrected chi connectivity index (χ3v) is 10.0. The fraction of sp³-hybridized carbons (Fsp3) is 0.273. The molecule has 2 aliphatic rings. The lowest BCUT2D eigenvalue weighted by molar-refractivity contribution is 0.0730. The summed E-state index contributed by atoms with van der Waals surface area (Å²) in [5.41, 5.74) is 0.724. The standard InChI is InChI=1S/C33H33N3O8S/c1-40-28-20-25(21-29(41-2)30(28)42-3)36(32(37)23-8-5-4-6-9-23)33(15-7-10-27-31(33)44-22-34-27)24-11-13-26(14-12-24)45(38,39)35-16-18-43-19-17-35/h4-14,20-22H,15-19H2,1-3H3. The highest BCUT2D eigenvalue weighted by molar-refractivity contribution is 7.89. The first-order valence-electron chi connectivity index (χ1n) is 14.3. The second kappa shape index (κ2) is 12.4. The number of oxazole rings is 1. The molecule has 0 radical (unpaired) electrons. The van der Waals surface area contributed by atoms with Gasteiger partial charge in [-0.15, -0.1) is 0 Å². The van der Waals surface area contributed by atoms with Crippen LogP contribution < -0.4 is 19.1 Å². The van der Waals surface area contributed by atoms with E-state index in [9.17, 15) is 13.2 Å². The van der Waals surface area contributed by atoms with Crippen molar-refractivity contribution in [2.24, 2.45) is 0 Å². The summed E-state index contributed by atoms with van der Waals surface area (Å²) in [4.78, 5) is 20.9. The van der Waals surface area contributed by atoms with Gasteiger partial charge in [0.25, 0.3) is 5.91 Å². The molecule has 1 aromatic heterocycles. The van der Waals surface area contributed by atoms with Gasteiger partial charge in [-0.1, -0.05) is 36.4 Å². The first-order chi connectivity index (χ1) is 21.8. The number of benzene rings is 3. The van der Waals surface area contributed by atoms with E-state index in [0.717, 1.165) is 0 Å². The van der Waals surface area contributed by atoms with Crippen LogP contribution in [0.15, 0.2) is 88.5 Å². The summed E-state index contributed by atoms with van der Waals surface area (Å²) in [5, 5.41) is 0. The number of aromatic nitrogens is 1. The molecular formula is C33H33N3O8S. The van der Waals surface area contributed by atoms with Gasteiger partial charge in [-0.25, -0.2) is 13.4 Å². The van der Waals surface area contributed by atoms with Crippen LogP contribution in [0.2, 0.25) is 0 Å². The van der Waals surface area contributed by atoms with E-state index < -0.39 is 15.6 Å². The predicted molar refractivity (Wildman–Crippen MR) is 166 cm³/mol. The minimum absolute atomic E-state index is 0.140. The maximum atomic E-state index is 14.8. The third kappa shape index (κ3) is 5.24. The van der Waals surface area contributed by atoms with Crippen LogP contribution in [0.25, 0.3) is 6.08 Å². The van der Waals surface area contributed by atoms with E-state index in [-0.39, 0.29) is 23.9 Å². The lowest BCUT2D eigenvalue weighted by Crippen LogP contribution is -2.51. The topological polar surface area (TPSA) is 121 Å². The van der Waals surface area contributed by atoms with Gasteiger partial charge in [-0.05, 0) is 35.9 Å². The number of anilines is 1. The number of morpholine rings is 1. The molecule has 12 heteroatoms. The van der Waals surface area contributed by atoms with E-state index in [2.05, 4.69) is 4.98 Å². The Hall–Kier alpha value is -4.65. The van der Waals surface area contributed by atoms with E-state index >= 15 is 0 Å². The highest BCUT2D eigenvalue weighted by Crippen LogP contribution is 2.50. The van der Waals surface area contributed by atoms with Crippen LogP contribution in [0.3, 0.4) is 0 Å². The Morgan fingerprint density at radius 2 is 1.60 bits per heavy atom. The summed E-state index contributed by atoms with van der Waals surface area (Å²) in [6.45, 7) is 1.24. The van der Waals surface area contributed by atoms with Gasteiger partial charge in [0.05, 0.1) is 45.1 Å². The molecule has 1 saturated heterocycles. The van der Waals surface area contributed by atoms with E-state index in [1.165, 1.54) is 32.0 Å². The Balaban J connectivity index is 1.59. The van der Waals surface area contributed by atoms with Crippen LogP contribution in [0, 0.1) is 0 Å². The molecule has 1 unspecified atom stereocenters. The molecule has 0 bridgehead atoms. The minimum Gasteiger partial charge on any atom is -0.493 e. The molecule has 0 saturated carbocycles. The Labute approximate surface area is 261 Å². The van der Waals surface area contributed by atoms with Crippen molar-refractivity contribution in [3.63, 3.8) is 0 Å². The number of rotatable bonds is 9. The predicted octanol–water partition coefficient (Wildman–Crippen LogP) is 4.73. The van der Waals surface area contributed by atoms with Gasteiger partial charge in [0.15, 0.2) is 23.7 Å². The van der Waals surface area contributed by atoms with Crippen LogP contribution in [0.5, 0.6) is 17.2 Å². The number of sulfonamides is 1. The Bertz CT molecular complexity index is 1790. The van der Waals surface area contributed by atoms with Crippen LogP contribution >= 0.6 is 0 Å². The minimum atomic E-state index is -3.76. The number of methoxy groups -OCH3 is 3. The summed E-state index contributed by atoms with van der Waals surface area (Å²) >= 11 is 0. The molecule has 0 N–H and O–H groups in total. The van der Waals surface area contributed by atoms with Crippen LogP contribution in [-0.4, -0.2) is 71.2 Å². The number of hydrogen-bond donors (Lipinski definition) is 0. The number of carbonyl (C=O) groups is 1. The van der Waals surface area contributed by atoms with Crippen molar-refractivity contribution in [3.05, 3.63) is 102 Å². The summed E-state index contributed by atoms with van der Waals surface area (Å²) in [6, 6.07) is 18.9. The largest absolute Gasteiger partial charge is 0.493 e. The van der Waals surface area contributed by atoms with Gasteiger partial charge in [-0.3, -0.25) is 9.69 Å². The highest BCUT2D eigenvalue weighted by Gasteiger charge is 2.49. The molecular weight excluding hydrogens is 598 g/mol. The molecule has 1 atom stereocenters. The Morgan fingerprint density at radius 3 is 2.22 bits per heavy atom. The molecule has 45 heavy (non-hydrogen) atoms. The van der Waals surface area contributed by atoms with Gasteiger partial charge in [0.1, 0.15) is 11.2 Å². The van der Waals surface area contributed by atoms with Gasteiger partial charge >= 0.3 is 0 Å². The SMILES string of the molecule is COc1cc(N(C(=O)c2ccccc2)C2(c3ccc(S(=O)(=O)N4CCOCC4)cc3)CC=Cc3ncoc32)cc(OC)c1OC. The zero-order valence-electron chi connectivity index (χ0n) is 25.1. The van der Waals surface area contributed by atoms with Gasteiger partial charge in [0, 0.05) is 37.2 Å². The van der Waals surface area contributed by atoms with Crippen LogP contribution in [0.1, 0.15) is 33.8 Å². The molecule has 0 spiro atoms. The average molecular weight is 632 g/mol. The van der Waals surface area contributed by atoms with E-state index in [0.29, 0.717) is 65.2 Å². The zero-order chi connectivity index (χ0) is 31.6. The second-order valence-electron chi connectivity index (χ2n) is 10.5. The lowest BCUT2D eigenvalue weighted by Gasteiger charge is -2.44. The fourth-order valence-corrected chi connectivity index (χ4v) is 7.35. The molecule has 11 nitrogen and oxygen atoms in total. The molecule has 1 fully saturated rings. The summed E-state index contributed by atoms with van der Waals surface area (Å²) in [5.74, 6) is 1.15. The van der Waals surface area contributed by atoms with Crippen molar-refractivity contribution in [1.29, 1.82) is 0 Å². The number of fused-ring (bicyclic) bond motifs is 1. The molecule has 1 aliphatic carbocycles. The first kappa shape index (κ1) is 30.4. The Kier molecular flexibility index (Phi) is 8.36. The molecule has 234 valence electrons.